The van der Waals surface area contributed by atoms with Crippen LogP contribution in [0.15, 0.2) is 55.1 Å². The van der Waals surface area contributed by atoms with Crippen molar-refractivity contribution < 1.29 is 0 Å². The van der Waals surface area contributed by atoms with Crippen LogP contribution in [0.3, 0.4) is 0 Å². The van der Waals surface area contributed by atoms with Crippen LogP contribution in [0, 0.1) is 0 Å². The van der Waals surface area contributed by atoms with Gasteiger partial charge >= 0.3 is 0 Å². The van der Waals surface area contributed by atoms with Gasteiger partial charge in [-0.2, -0.15) is 0 Å². The van der Waals surface area contributed by atoms with E-state index in [1.807, 2.05) is 6.08 Å². The fraction of sp³-hybridized carbons (Fsp3) is 0.368. The average Bonchev–Trinajstić information content (AvgIpc) is 2.56. The molecule has 2 nitrogen and oxygen atoms in total. The standard InChI is InChI=1S/C19H24N2.2ClH/c1-2-3-8-19(21-13-11-20-12-14-21)18-10-9-16-6-4-5-7-17(16)15-18;;/h2,4-7,9-10,15,19-20H,1,3,8,11-14H2;2*1H/t19-;;/m1../s1. The predicted octanol–water partition coefficient (Wildman–Crippen LogP) is 4.60. The molecule has 1 atom stereocenters. The summed E-state index contributed by atoms with van der Waals surface area (Å²) in [6, 6.07) is 16.1. The Bertz CT molecular complexity index is 609. The van der Waals surface area contributed by atoms with Crippen molar-refractivity contribution in [2.45, 2.75) is 18.9 Å². The Balaban J connectivity index is 0.00000132. The fourth-order valence-electron chi connectivity index (χ4n) is 3.24. The van der Waals surface area contributed by atoms with Gasteiger partial charge < -0.3 is 5.32 Å². The molecule has 1 fully saturated rings. The van der Waals surface area contributed by atoms with Gasteiger partial charge in [-0.05, 0) is 35.2 Å². The summed E-state index contributed by atoms with van der Waals surface area (Å²) in [7, 11) is 0. The van der Waals surface area contributed by atoms with Crippen molar-refractivity contribution in [3.63, 3.8) is 0 Å². The molecule has 1 aliphatic heterocycles. The number of hydrogen-bond donors (Lipinski definition) is 1. The topological polar surface area (TPSA) is 15.3 Å². The normalized spacial score (nSPS) is 16.2. The van der Waals surface area contributed by atoms with Gasteiger partial charge in [-0.1, -0.05) is 42.5 Å². The molecule has 0 radical (unpaired) electrons. The number of fused-ring (bicyclic) bond motifs is 1. The van der Waals surface area contributed by atoms with Crippen LogP contribution in [0.5, 0.6) is 0 Å². The minimum Gasteiger partial charge on any atom is -0.314 e. The van der Waals surface area contributed by atoms with E-state index in [1.54, 1.807) is 0 Å². The third-order valence-corrected chi connectivity index (χ3v) is 4.39. The minimum absolute atomic E-state index is 0. The van der Waals surface area contributed by atoms with E-state index in [4.69, 9.17) is 0 Å². The van der Waals surface area contributed by atoms with E-state index >= 15 is 0 Å². The van der Waals surface area contributed by atoms with Crippen LogP contribution in [0.4, 0.5) is 0 Å². The predicted molar refractivity (Wildman–Crippen MR) is 105 cm³/mol. The van der Waals surface area contributed by atoms with Gasteiger partial charge in [0.1, 0.15) is 0 Å². The van der Waals surface area contributed by atoms with Crippen molar-refractivity contribution in [2.75, 3.05) is 26.2 Å². The zero-order valence-corrected chi connectivity index (χ0v) is 15.0. The summed E-state index contributed by atoms with van der Waals surface area (Å²) in [6.07, 6.45) is 4.26. The van der Waals surface area contributed by atoms with Gasteiger partial charge in [0.05, 0.1) is 0 Å². The number of halogens is 2. The van der Waals surface area contributed by atoms with E-state index in [0.29, 0.717) is 6.04 Å². The van der Waals surface area contributed by atoms with E-state index < -0.39 is 0 Å². The number of rotatable bonds is 5. The largest absolute Gasteiger partial charge is 0.314 e. The third kappa shape index (κ3) is 4.95. The number of benzene rings is 2. The van der Waals surface area contributed by atoms with Crippen molar-refractivity contribution in [3.05, 3.63) is 60.7 Å². The molecule has 4 heteroatoms. The molecular weight excluding hydrogens is 327 g/mol. The monoisotopic (exact) mass is 352 g/mol. The lowest BCUT2D eigenvalue weighted by atomic mass is 9.96. The van der Waals surface area contributed by atoms with E-state index in [2.05, 4.69) is 59.3 Å². The van der Waals surface area contributed by atoms with Crippen molar-refractivity contribution in [3.8, 4) is 0 Å². The number of nitrogens with zero attached hydrogens (tertiary/aromatic N) is 1. The second-order valence-electron chi connectivity index (χ2n) is 5.77. The van der Waals surface area contributed by atoms with E-state index in [0.717, 1.165) is 39.0 Å². The lowest BCUT2D eigenvalue weighted by Crippen LogP contribution is -2.45. The molecule has 1 heterocycles. The Morgan fingerprint density at radius 2 is 1.74 bits per heavy atom. The lowest BCUT2D eigenvalue weighted by molar-refractivity contribution is 0.166. The number of hydrogen-bond acceptors (Lipinski definition) is 2. The van der Waals surface area contributed by atoms with E-state index in [1.165, 1.54) is 16.3 Å². The van der Waals surface area contributed by atoms with E-state index in [-0.39, 0.29) is 24.8 Å². The molecule has 3 rings (SSSR count). The summed E-state index contributed by atoms with van der Waals surface area (Å²) in [6.45, 7) is 8.35. The number of allylic oxidation sites excluding steroid dienone is 1. The summed E-state index contributed by atoms with van der Waals surface area (Å²) in [4.78, 5) is 2.62. The van der Waals surface area contributed by atoms with Gasteiger partial charge in [-0.15, -0.1) is 31.4 Å². The molecule has 0 unspecified atom stereocenters. The summed E-state index contributed by atoms with van der Waals surface area (Å²) < 4.78 is 0. The van der Waals surface area contributed by atoms with Crippen LogP contribution in [0.2, 0.25) is 0 Å². The Morgan fingerprint density at radius 3 is 2.43 bits per heavy atom. The van der Waals surface area contributed by atoms with Crippen LogP contribution in [0.25, 0.3) is 10.8 Å². The molecule has 1 saturated heterocycles. The molecule has 0 aliphatic carbocycles. The van der Waals surface area contributed by atoms with Gasteiger partial charge in [0.15, 0.2) is 0 Å². The molecule has 0 bridgehead atoms. The highest BCUT2D eigenvalue weighted by molar-refractivity contribution is 5.85. The molecule has 1 N–H and O–H groups in total. The van der Waals surface area contributed by atoms with Crippen molar-refractivity contribution in [2.24, 2.45) is 0 Å². The van der Waals surface area contributed by atoms with Gasteiger partial charge in [0.2, 0.25) is 0 Å². The summed E-state index contributed by atoms with van der Waals surface area (Å²) >= 11 is 0. The highest BCUT2D eigenvalue weighted by atomic mass is 35.5. The maximum atomic E-state index is 3.89. The highest BCUT2D eigenvalue weighted by Gasteiger charge is 2.21. The second kappa shape index (κ2) is 9.94. The Labute approximate surface area is 151 Å². The summed E-state index contributed by atoms with van der Waals surface area (Å²) in [5.74, 6) is 0. The third-order valence-electron chi connectivity index (χ3n) is 4.39. The molecule has 23 heavy (non-hydrogen) atoms. The quantitative estimate of drug-likeness (QED) is 0.791. The molecule has 126 valence electrons. The molecular formula is C19H26Cl2N2. The van der Waals surface area contributed by atoms with Gasteiger partial charge in [0, 0.05) is 32.2 Å². The number of piperazine rings is 1. The van der Waals surface area contributed by atoms with Crippen LogP contribution in [-0.4, -0.2) is 31.1 Å². The Hall–Kier alpha value is -1.06. The smallest absolute Gasteiger partial charge is 0.0352 e. The van der Waals surface area contributed by atoms with Gasteiger partial charge in [-0.3, -0.25) is 4.90 Å². The zero-order chi connectivity index (χ0) is 14.5. The first-order chi connectivity index (χ1) is 10.4. The lowest BCUT2D eigenvalue weighted by Gasteiger charge is -2.35. The van der Waals surface area contributed by atoms with Crippen molar-refractivity contribution >= 4 is 35.6 Å². The molecule has 1 aliphatic rings. The first kappa shape index (κ1) is 20.0. The summed E-state index contributed by atoms with van der Waals surface area (Å²) in [5.41, 5.74) is 1.44. The van der Waals surface area contributed by atoms with E-state index in [9.17, 15) is 0 Å². The van der Waals surface area contributed by atoms with Crippen molar-refractivity contribution in [1.29, 1.82) is 0 Å². The molecule has 2 aromatic rings. The molecule has 2 aromatic carbocycles. The zero-order valence-electron chi connectivity index (χ0n) is 13.4. The van der Waals surface area contributed by atoms with Crippen LogP contribution in [-0.2, 0) is 0 Å². The molecule has 0 aromatic heterocycles. The maximum Gasteiger partial charge on any atom is 0.0352 e. The molecule has 0 spiro atoms. The van der Waals surface area contributed by atoms with Crippen LogP contribution in [0.1, 0.15) is 24.4 Å². The number of nitrogens with one attached hydrogen (secondary N) is 1. The first-order valence-electron chi connectivity index (χ1n) is 7.93. The fourth-order valence-corrected chi connectivity index (χ4v) is 3.24. The van der Waals surface area contributed by atoms with Crippen molar-refractivity contribution in [1.82, 2.24) is 10.2 Å². The molecule has 0 saturated carbocycles. The average molecular weight is 353 g/mol. The Morgan fingerprint density at radius 1 is 1.04 bits per heavy atom. The Kier molecular flexibility index (Phi) is 8.64. The minimum atomic E-state index is 0. The molecule has 0 amide bonds. The maximum absolute atomic E-state index is 3.89. The summed E-state index contributed by atoms with van der Waals surface area (Å²) in [5, 5.41) is 6.11. The first-order valence-corrected chi connectivity index (χ1v) is 7.93. The highest BCUT2D eigenvalue weighted by Crippen LogP contribution is 2.28. The SMILES string of the molecule is C=CCC[C@H](c1ccc2ccccc2c1)N1CCNCC1.Cl.Cl. The van der Waals surface area contributed by atoms with Gasteiger partial charge in [0.25, 0.3) is 0 Å². The second-order valence-corrected chi connectivity index (χ2v) is 5.77. The van der Waals surface area contributed by atoms with Gasteiger partial charge in [-0.25, -0.2) is 0 Å². The van der Waals surface area contributed by atoms with Crippen LogP contribution < -0.4 is 5.32 Å². The van der Waals surface area contributed by atoms with Crippen LogP contribution >= 0.6 is 24.8 Å².